The van der Waals surface area contributed by atoms with E-state index in [2.05, 4.69) is 80.7 Å². The van der Waals surface area contributed by atoms with Crippen LogP contribution in [0.1, 0.15) is 69.8 Å². The minimum Gasteiger partial charge on any atom is -0.494 e. The number of hydrogen-bond acceptors (Lipinski definition) is 3. The largest absolute Gasteiger partial charge is 0.494 e. The summed E-state index contributed by atoms with van der Waals surface area (Å²) in [6.45, 7) is 2.94. The Balaban J connectivity index is 1.45. The predicted molar refractivity (Wildman–Crippen MR) is 139 cm³/mol. The monoisotopic (exact) mass is 444 g/mol. The van der Waals surface area contributed by atoms with E-state index in [1.807, 2.05) is 0 Å². The van der Waals surface area contributed by atoms with Crippen molar-refractivity contribution < 1.29 is 4.74 Å². The van der Waals surface area contributed by atoms with Gasteiger partial charge in [-0.15, -0.1) is 0 Å². The fourth-order valence-corrected chi connectivity index (χ4v) is 4.52. The highest BCUT2D eigenvalue weighted by molar-refractivity contribution is 7.81. The Labute approximate surface area is 195 Å². The molecule has 2 rings (SSSR count). The molecule has 0 atom stereocenters. The highest BCUT2D eigenvalue weighted by Gasteiger charge is 2.03. The Morgan fingerprint density at radius 1 is 0.633 bits per heavy atom. The van der Waals surface area contributed by atoms with Crippen LogP contribution in [0.15, 0.2) is 48.5 Å². The van der Waals surface area contributed by atoms with Crippen molar-refractivity contribution in [2.45, 2.75) is 71.1 Å². The third-order valence-electron chi connectivity index (χ3n) is 5.78. The van der Waals surface area contributed by atoms with E-state index in [4.69, 9.17) is 4.74 Å². The molecule has 0 N–H and O–H groups in total. The normalized spacial score (nSPS) is 11.2. The lowest BCUT2D eigenvalue weighted by atomic mass is 10.0. The summed E-state index contributed by atoms with van der Waals surface area (Å²) < 4.78 is 5.91. The molecule has 0 fully saturated rings. The van der Waals surface area contributed by atoms with E-state index in [1.165, 1.54) is 74.5 Å². The highest BCUT2D eigenvalue weighted by Crippen LogP contribution is 2.23. The van der Waals surface area contributed by atoms with Gasteiger partial charge in [-0.1, -0.05) is 93.3 Å². The van der Waals surface area contributed by atoms with E-state index in [-0.39, 0.29) is 0 Å². The zero-order chi connectivity index (χ0) is 21.4. The van der Waals surface area contributed by atoms with Gasteiger partial charge in [0.2, 0.25) is 0 Å². The van der Waals surface area contributed by atoms with Gasteiger partial charge in [-0.3, -0.25) is 0 Å². The van der Waals surface area contributed by atoms with Crippen LogP contribution < -0.4 is 4.74 Å². The van der Waals surface area contributed by atoms with E-state index < -0.39 is 0 Å². The summed E-state index contributed by atoms with van der Waals surface area (Å²) >= 11 is 8.77. The number of benzene rings is 2. The van der Waals surface area contributed by atoms with Crippen molar-refractivity contribution in [3.63, 3.8) is 0 Å². The maximum absolute atomic E-state index is 5.91. The molecule has 0 aliphatic rings. The maximum Gasteiger partial charge on any atom is 0.119 e. The van der Waals surface area contributed by atoms with Crippen LogP contribution in [0.4, 0.5) is 0 Å². The fourth-order valence-electron chi connectivity index (χ4n) is 3.69. The van der Waals surface area contributed by atoms with Crippen LogP contribution in [0.3, 0.4) is 0 Å². The second-order valence-electron chi connectivity index (χ2n) is 8.44. The molecule has 0 amide bonds. The Hall–Kier alpha value is -1.06. The number of unbranched alkanes of at least 4 members (excludes halogenated alkanes) is 8. The second kappa shape index (κ2) is 15.7. The molecular weight excluding hydrogens is 404 g/mol. The van der Waals surface area contributed by atoms with Gasteiger partial charge in [0.1, 0.15) is 5.75 Å². The van der Waals surface area contributed by atoms with Gasteiger partial charge < -0.3 is 4.74 Å². The third-order valence-corrected chi connectivity index (χ3v) is 6.81. The summed E-state index contributed by atoms with van der Waals surface area (Å²) in [7, 11) is 0. The molecule has 0 saturated heterocycles. The number of ether oxygens (including phenoxy) is 1. The van der Waals surface area contributed by atoms with Gasteiger partial charge >= 0.3 is 0 Å². The van der Waals surface area contributed by atoms with E-state index in [9.17, 15) is 0 Å². The van der Waals surface area contributed by atoms with Crippen LogP contribution in [-0.4, -0.2) is 18.1 Å². The standard InChI is InChI=1S/C27H40OS2/c1-23-12-14-25(15-13-23)26-16-18-27(19-17-26)28-20-10-8-6-4-2-3-5-7-9-11-24(21-29)22-30/h12-19,24,29-30H,2-11,20-22H2,1H3. The van der Waals surface area contributed by atoms with Crippen molar-refractivity contribution in [3.05, 3.63) is 54.1 Å². The number of rotatable bonds is 16. The molecule has 0 radical (unpaired) electrons. The first-order valence-electron chi connectivity index (χ1n) is 11.7. The van der Waals surface area contributed by atoms with Crippen LogP contribution >= 0.6 is 25.3 Å². The van der Waals surface area contributed by atoms with Gasteiger partial charge in [0.25, 0.3) is 0 Å². The summed E-state index contributed by atoms with van der Waals surface area (Å²) in [4.78, 5) is 0. The van der Waals surface area contributed by atoms with Crippen molar-refractivity contribution in [1.29, 1.82) is 0 Å². The first-order chi connectivity index (χ1) is 14.7. The predicted octanol–water partition coefficient (Wildman–Crippen LogP) is 8.42. The Morgan fingerprint density at radius 3 is 1.63 bits per heavy atom. The molecule has 2 aromatic carbocycles. The topological polar surface area (TPSA) is 9.23 Å². The minimum absolute atomic E-state index is 0.699. The van der Waals surface area contributed by atoms with Crippen molar-refractivity contribution in [2.75, 3.05) is 18.1 Å². The molecule has 0 aromatic heterocycles. The average Bonchev–Trinajstić information content (AvgIpc) is 2.78. The van der Waals surface area contributed by atoms with Crippen LogP contribution in [0, 0.1) is 12.8 Å². The van der Waals surface area contributed by atoms with Gasteiger partial charge in [-0.25, -0.2) is 0 Å². The molecule has 0 unspecified atom stereocenters. The van der Waals surface area contributed by atoms with Crippen molar-refractivity contribution >= 4 is 25.3 Å². The molecular formula is C27H40OS2. The SMILES string of the molecule is Cc1ccc(-c2ccc(OCCCCCCCCCCCC(CS)CS)cc2)cc1. The van der Waals surface area contributed by atoms with E-state index in [0.29, 0.717) is 5.92 Å². The van der Waals surface area contributed by atoms with Crippen LogP contribution in [0.25, 0.3) is 11.1 Å². The number of aryl methyl sites for hydroxylation is 1. The molecule has 0 aliphatic carbocycles. The van der Waals surface area contributed by atoms with Crippen LogP contribution in [-0.2, 0) is 0 Å². The first kappa shape index (κ1) is 25.2. The maximum atomic E-state index is 5.91. The van der Waals surface area contributed by atoms with E-state index in [0.717, 1.165) is 30.3 Å². The average molecular weight is 445 g/mol. The van der Waals surface area contributed by atoms with Crippen LogP contribution in [0.2, 0.25) is 0 Å². The molecule has 0 bridgehead atoms. The highest BCUT2D eigenvalue weighted by atomic mass is 32.1. The van der Waals surface area contributed by atoms with Gasteiger partial charge in [0, 0.05) is 0 Å². The molecule has 0 spiro atoms. The third kappa shape index (κ3) is 10.3. The van der Waals surface area contributed by atoms with Gasteiger partial charge in [-0.05, 0) is 60.4 Å². The molecule has 1 nitrogen and oxygen atoms in total. The summed E-state index contributed by atoms with van der Waals surface area (Å²) in [6.07, 6.45) is 13.3. The lowest BCUT2D eigenvalue weighted by molar-refractivity contribution is 0.304. The van der Waals surface area contributed by atoms with Crippen molar-refractivity contribution in [3.8, 4) is 16.9 Å². The molecule has 0 aliphatic heterocycles. The van der Waals surface area contributed by atoms with E-state index >= 15 is 0 Å². The van der Waals surface area contributed by atoms with Crippen molar-refractivity contribution in [1.82, 2.24) is 0 Å². The Kier molecular flexibility index (Phi) is 13.2. The summed E-state index contributed by atoms with van der Waals surface area (Å²) in [6, 6.07) is 17.1. The lowest BCUT2D eigenvalue weighted by Crippen LogP contribution is -2.03. The smallest absolute Gasteiger partial charge is 0.119 e. The molecule has 166 valence electrons. The van der Waals surface area contributed by atoms with Crippen molar-refractivity contribution in [2.24, 2.45) is 5.92 Å². The van der Waals surface area contributed by atoms with Gasteiger partial charge in [0.05, 0.1) is 6.61 Å². The zero-order valence-electron chi connectivity index (χ0n) is 18.7. The minimum atomic E-state index is 0.699. The first-order valence-corrected chi connectivity index (χ1v) is 13.0. The Bertz CT molecular complexity index is 662. The second-order valence-corrected chi connectivity index (χ2v) is 9.17. The number of hydrogen-bond donors (Lipinski definition) is 2. The van der Waals surface area contributed by atoms with E-state index in [1.54, 1.807) is 0 Å². The quantitative estimate of drug-likeness (QED) is 0.195. The molecule has 30 heavy (non-hydrogen) atoms. The molecule has 0 saturated carbocycles. The summed E-state index contributed by atoms with van der Waals surface area (Å²) in [5.41, 5.74) is 3.79. The van der Waals surface area contributed by atoms with Gasteiger partial charge in [-0.2, -0.15) is 25.3 Å². The fraction of sp³-hybridized carbons (Fsp3) is 0.556. The van der Waals surface area contributed by atoms with Crippen LogP contribution in [0.5, 0.6) is 5.75 Å². The number of thiol groups is 2. The lowest BCUT2D eigenvalue weighted by Gasteiger charge is -2.10. The Morgan fingerprint density at radius 2 is 1.10 bits per heavy atom. The van der Waals surface area contributed by atoms with Gasteiger partial charge in [0.15, 0.2) is 0 Å². The zero-order valence-corrected chi connectivity index (χ0v) is 20.5. The summed E-state index contributed by atoms with van der Waals surface area (Å²) in [5, 5.41) is 0. The molecule has 3 heteroatoms. The molecule has 0 heterocycles. The molecule has 2 aromatic rings. The summed E-state index contributed by atoms with van der Waals surface area (Å²) in [5.74, 6) is 3.63.